The fourth-order valence-corrected chi connectivity index (χ4v) is 5.33. The maximum atomic E-state index is 6.25. The smallest absolute Gasteiger partial charge is 0.124 e. The predicted molar refractivity (Wildman–Crippen MR) is 134 cm³/mol. The molecular weight excluding hydrogens is 432 g/mol. The van der Waals surface area contributed by atoms with E-state index in [2.05, 4.69) is 52.0 Å². The highest BCUT2D eigenvalue weighted by Crippen LogP contribution is 2.42. The standard InChI is InChI=1S/C28H38O4S/c1-5-7-9-23-25(31-17-21-15-29-21)11-19(3)13-27(23)33-28-14-20(4)12-26(24(28)10-8-6-2)32-18-22-16-30-22/h11-14,21-22H,5-10,15-18H2,1-4H3. The molecule has 0 spiro atoms. The molecule has 180 valence electrons. The number of rotatable bonds is 14. The molecule has 2 saturated heterocycles. The summed E-state index contributed by atoms with van der Waals surface area (Å²) in [5.74, 6) is 2.04. The van der Waals surface area contributed by atoms with Gasteiger partial charge in [-0.1, -0.05) is 38.5 Å². The Morgan fingerprint density at radius 3 is 1.55 bits per heavy atom. The number of aryl methyl sites for hydroxylation is 2. The molecule has 4 rings (SSSR count). The molecule has 2 fully saturated rings. The zero-order valence-corrected chi connectivity index (χ0v) is 21.4. The lowest BCUT2D eigenvalue weighted by atomic mass is 10.0. The monoisotopic (exact) mass is 470 g/mol. The third-order valence-corrected chi connectivity index (χ3v) is 7.23. The summed E-state index contributed by atoms with van der Waals surface area (Å²) in [4.78, 5) is 2.60. The van der Waals surface area contributed by atoms with Gasteiger partial charge in [-0.25, -0.2) is 0 Å². The molecule has 4 nitrogen and oxygen atoms in total. The van der Waals surface area contributed by atoms with Crippen LogP contribution in [0.3, 0.4) is 0 Å². The number of hydrogen-bond donors (Lipinski definition) is 0. The molecule has 0 saturated carbocycles. The minimum atomic E-state index is 0.258. The van der Waals surface area contributed by atoms with E-state index in [1.165, 1.54) is 32.0 Å². The summed E-state index contributed by atoms with van der Waals surface area (Å²) in [7, 11) is 0. The third-order valence-electron chi connectivity index (χ3n) is 6.06. The van der Waals surface area contributed by atoms with Crippen LogP contribution in [0.1, 0.15) is 61.8 Å². The molecule has 2 aromatic carbocycles. The quantitative estimate of drug-likeness (QED) is 0.288. The van der Waals surface area contributed by atoms with Crippen molar-refractivity contribution in [3.63, 3.8) is 0 Å². The number of hydrogen-bond acceptors (Lipinski definition) is 5. The highest BCUT2D eigenvalue weighted by atomic mass is 32.2. The Morgan fingerprint density at radius 2 is 1.18 bits per heavy atom. The molecule has 0 N–H and O–H groups in total. The molecule has 2 aliphatic rings. The van der Waals surface area contributed by atoms with E-state index in [1.807, 2.05) is 11.8 Å². The van der Waals surface area contributed by atoms with Crippen molar-refractivity contribution in [2.75, 3.05) is 26.4 Å². The van der Waals surface area contributed by atoms with Crippen LogP contribution in [0.5, 0.6) is 11.5 Å². The summed E-state index contributed by atoms with van der Waals surface area (Å²) in [5, 5.41) is 0. The first-order valence-corrected chi connectivity index (χ1v) is 13.3. The van der Waals surface area contributed by atoms with E-state index < -0.39 is 0 Å². The van der Waals surface area contributed by atoms with Crippen molar-refractivity contribution in [2.24, 2.45) is 0 Å². The van der Waals surface area contributed by atoms with E-state index in [-0.39, 0.29) is 12.2 Å². The number of benzene rings is 2. The van der Waals surface area contributed by atoms with Crippen molar-refractivity contribution in [1.82, 2.24) is 0 Å². The summed E-state index contributed by atoms with van der Waals surface area (Å²) in [5.41, 5.74) is 5.11. The molecule has 2 atom stereocenters. The van der Waals surface area contributed by atoms with Crippen molar-refractivity contribution in [3.8, 4) is 11.5 Å². The average molecular weight is 471 g/mol. The van der Waals surface area contributed by atoms with Crippen LogP contribution in [0, 0.1) is 13.8 Å². The van der Waals surface area contributed by atoms with Gasteiger partial charge in [0.25, 0.3) is 0 Å². The molecule has 2 heterocycles. The van der Waals surface area contributed by atoms with E-state index in [1.54, 1.807) is 0 Å². The second kappa shape index (κ2) is 11.6. The summed E-state index contributed by atoms with van der Waals surface area (Å²) < 4.78 is 23.3. The van der Waals surface area contributed by atoms with Gasteiger partial charge in [-0.15, -0.1) is 0 Å². The van der Waals surface area contributed by atoms with Crippen molar-refractivity contribution < 1.29 is 18.9 Å². The molecule has 0 amide bonds. The zero-order chi connectivity index (χ0) is 23.2. The van der Waals surface area contributed by atoms with E-state index in [4.69, 9.17) is 18.9 Å². The second-order valence-electron chi connectivity index (χ2n) is 9.32. The number of epoxide rings is 2. The summed E-state index contributed by atoms with van der Waals surface area (Å²) in [6.07, 6.45) is 7.20. The Labute approximate surface area is 203 Å². The summed E-state index contributed by atoms with van der Waals surface area (Å²) in [6, 6.07) is 9.02. The highest BCUT2D eigenvalue weighted by Gasteiger charge is 2.25. The van der Waals surface area contributed by atoms with Crippen LogP contribution < -0.4 is 9.47 Å². The van der Waals surface area contributed by atoms with Crippen LogP contribution in [-0.2, 0) is 22.3 Å². The minimum Gasteiger partial charge on any atom is -0.490 e. The first kappa shape index (κ1) is 24.4. The maximum absolute atomic E-state index is 6.25. The molecular formula is C28H38O4S. The predicted octanol–water partition coefficient (Wildman–Crippen LogP) is 6.70. The molecule has 2 aromatic rings. The lowest BCUT2D eigenvalue weighted by Gasteiger charge is -2.20. The number of unbranched alkanes of at least 4 members (excludes halogenated alkanes) is 2. The highest BCUT2D eigenvalue weighted by molar-refractivity contribution is 7.99. The Balaban J connectivity index is 1.66. The van der Waals surface area contributed by atoms with Gasteiger partial charge in [0.1, 0.15) is 36.9 Å². The Bertz CT molecular complexity index is 858. The SMILES string of the molecule is CCCCc1c(OCC2CO2)cc(C)cc1Sc1cc(C)cc(OCC2CO2)c1CCCC. The zero-order valence-electron chi connectivity index (χ0n) is 20.6. The van der Waals surface area contributed by atoms with Crippen molar-refractivity contribution in [2.45, 2.75) is 88.2 Å². The fraction of sp³-hybridized carbons (Fsp3) is 0.571. The van der Waals surface area contributed by atoms with Crippen molar-refractivity contribution >= 4 is 11.8 Å². The van der Waals surface area contributed by atoms with Crippen LogP contribution in [0.4, 0.5) is 0 Å². The molecule has 2 unspecified atom stereocenters. The van der Waals surface area contributed by atoms with Crippen LogP contribution in [0.25, 0.3) is 0 Å². The summed E-state index contributed by atoms with van der Waals surface area (Å²) in [6.45, 7) is 11.7. The van der Waals surface area contributed by atoms with Crippen LogP contribution in [0.2, 0.25) is 0 Å². The van der Waals surface area contributed by atoms with Gasteiger partial charge in [0.2, 0.25) is 0 Å². The van der Waals surface area contributed by atoms with Gasteiger partial charge >= 0.3 is 0 Å². The van der Waals surface area contributed by atoms with Gasteiger partial charge in [0, 0.05) is 20.9 Å². The minimum absolute atomic E-state index is 0.258. The van der Waals surface area contributed by atoms with Crippen LogP contribution >= 0.6 is 11.8 Å². The third kappa shape index (κ3) is 7.14. The lowest BCUT2D eigenvalue weighted by molar-refractivity contribution is 0.260. The molecule has 0 bridgehead atoms. The lowest BCUT2D eigenvalue weighted by Crippen LogP contribution is -2.08. The Kier molecular flexibility index (Phi) is 8.61. The van der Waals surface area contributed by atoms with Gasteiger partial charge in [-0.3, -0.25) is 0 Å². The summed E-state index contributed by atoms with van der Waals surface area (Å²) >= 11 is 1.88. The van der Waals surface area contributed by atoms with E-state index in [0.29, 0.717) is 13.2 Å². The maximum Gasteiger partial charge on any atom is 0.124 e. The van der Waals surface area contributed by atoms with E-state index in [0.717, 1.165) is 63.2 Å². The van der Waals surface area contributed by atoms with Gasteiger partial charge in [0.15, 0.2) is 0 Å². The molecule has 33 heavy (non-hydrogen) atoms. The average Bonchev–Trinajstić information content (AvgIpc) is 3.70. The van der Waals surface area contributed by atoms with Gasteiger partial charge in [0.05, 0.1) is 13.2 Å². The van der Waals surface area contributed by atoms with Crippen LogP contribution in [0.15, 0.2) is 34.1 Å². The molecule has 2 aliphatic heterocycles. The Morgan fingerprint density at radius 1 is 0.758 bits per heavy atom. The first-order valence-electron chi connectivity index (χ1n) is 12.5. The van der Waals surface area contributed by atoms with E-state index >= 15 is 0 Å². The molecule has 0 radical (unpaired) electrons. The molecule has 0 aromatic heterocycles. The Hall–Kier alpha value is -1.69. The van der Waals surface area contributed by atoms with E-state index in [9.17, 15) is 0 Å². The number of ether oxygens (including phenoxy) is 4. The van der Waals surface area contributed by atoms with Gasteiger partial charge < -0.3 is 18.9 Å². The molecule has 0 aliphatic carbocycles. The van der Waals surface area contributed by atoms with Gasteiger partial charge in [-0.05, 0) is 74.9 Å². The topological polar surface area (TPSA) is 43.5 Å². The first-order chi connectivity index (χ1) is 16.1. The second-order valence-corrected chi connectivity index (χ2v) is 10.4. The normalized spacial score (nSPS) is 18.9. The van der Waals surface area contributed by atoms with Crippen molar-refractivity contribution in [1.29, 1.82) is 0 Å². The molecule has 5 heteroatoms. The van der Waals surface area contributed by atoms with Crippen molar-refractivity contribution in [3.05, 3.63) is 46.5 Å². The fourth-order valence-electron chi connectivity index (χ4n) is 3.95. The van der Waals surface area contributed by atoms with Gasteiger partial charge in [-0.2, -0.15) is 0 Å². The van der Waals surface area contributed by atoms with Crippen LogP contribution in [-0.4, -0.2) is 38.6 Å². The largest absolute Gasteiger partial charge is 0.490 e.